The summed E-state index contributed by atoms with van der Waals surface area (Å²) < 4.78 is 6.28. The highest BCUT2D eigenvalue weighted by molar-refractivity contribution is 9.11. The molecule has 0 aliphatic rings. The maximum Gasteiger partial charge on any atom is 0.323 e. The maximum absolute atomic E-state index is 11.4. The maximum atomic E-state index is 11.4. The van der Waals surface area contributed by atoms with E-state index in [-0.39, 0.29) is 12.2 Å². The second-order valence-electron chi connectivity index (χ2n) is 3.87. The third-order valence-electron chi connectivity index (χ3n) is 2.53. The number of nitrogens with two attached hydrogens (primary N) is 1. The summed E-state index contributed by atoms with van der Waals surface area (Å²) in [4.78, 5) is 11.4. The van der Waals surface area contributed by atoms with Crippen LogP contribution >= 0.6 is 31.9 Å². The largest absolute Gasteiger partial charge is 0.506 e. The summed E-state index contributed by atoms with van der Waals surface area (Å²) in [6.07, 6.45) is 0.224. The van der Waals surface area contributed by atoms with Gasteiger partial charge in [-0.2, -0.15) is 0 Å². The third kappa shape index (κ3) is 3.46. The summed E-state index contributed by atoms with van der Waals surface area (Å²) in [5.41, 5.74) is 7.21. The summed E-state index contributed by atoms with van der Waals surface area (Å²) in [7, 11) is 0. The number of rotatable bonds is 4. The Labute approximate surface area is 123 Å². The SMILES string of the molecule is CCOC(=O)C(N)Cc1cc(Br)c(C)c(Br)c1O. The topological polar surface area (TPSA) is 72.5 Å². The molecule has 0 aliphatic heterocycles. The van der Waals surface area contributed by atoms with E-state index in [1.807, 2.05) is 6.92 Å². The normalized spacial score (nSPS) is 12.3. The Bertz CT molecular complexity index is 463. The molecule has 0 aliphatic carbocycles. The number of esters is 1. The van der Waals surface area contributed by atoms with Crippen molar-refractivity contribution in [1.82, 2.24) is 0 Å². The highest BCUT2D eigenvalue weighted by Gasteiger charge is 2.19. The Morgan fingerprint density at radius 1 is 1.56 bits per heavy atom. The van der Waals surface area contributed by atoms with Gasteiger partial charge in [0.15, 0.2) is 0 Å². The number of phenols is 1. The number of carbonyl (C=O) groups excluding carboxylic acids is 1. The van der Waals surface area contributed by atoms with Crippen LogP contribution in [0.15, 0.2) is 15.0 Å². The Morgan fingerprint density at radius 3 is 2.72 bits per heavy atom. The Morgan fingerprint density at radius 2 is 2.17 bits per heavy atom. The van der Waals surface area contributed by atoms with E-state index in [4.69, 9.17) is 10.5 Å². The van der Waals surface area contributed by atoms with Crippen molar-refractivity contribution >= 4 is 37.8 Å². The molecule has 0 fully saturated rings. The number of phenolic OH excluding ortho intramolecular Hbond substituents is 1. The first-order valence-electron chi connectivity index (χ1n) is 5.47. The quantitative estimate of drug-likeness (QED) is 0.787. The molecule has 0 saturated carbocycles. The lowest BCUT2D eigenvalue weighted by Gasteiger charge is -2.14. The van der Waals surface area contributed by atoms with E-state index in [9.17, 15) is 9.90 Å². The predicted octanol–water partition coefficient (Wildman–Crippen LogP) is 2.66. The second-order valence-corrected chi connectivity index (χ2v) is 5.52. The average molecular weight is 381 g/mol. The van der Waals surface area contributed by atoms with Crippen molar-refractivity contribution in [2.24, 2.45) is 5.73 Å². The zero-order chi connectivity index (χ0) is 13.9. The van der Waals surface area contributed by atoms with Gasteiger partial charge < -0.3 is 15.6 Å². The van der Waals surface area contributed by atoms with Crippen molar-refractivity contribution in [1.29, 1.82) is 0 Å². The number of hydrogen-bond acceptors (Lipinski definition) is 4. The van der Waals surface area contributed by atoms with Gasteiger partial charge in [0.2, 0.25) is 0 Å². The van der Waals surface area contributed by atoms with Crippen LogP contribution in [0.2, 0.25) is 0 Å². The highest BCUT2D eigenvalue weighted by atomic mass is 79.9. The summed E-state index contributed by atoms with van der Waals surface area (Å²) in [5, 5.41) is 9.99. The molecule has 3 N–H and O–H groups in total. The minimum Gasteiger partial charge on any atom is -0.506 e. The molecular weight excluding hydrogens is 366 g/mol. The van der Waals surface area contributed by atoms with Crippen LogP contribution in [0.1, 0.15) is 18.1 Å². The average Bonchev–Trinajstić information content (AvgIpc) is 2.33. The molecule has 6 heteroatoms. The molecule has 1 atom stereocenters. The van der Waals surface area contributed by atoms with Crippen LogP contribution in [0.25, 0.3) is 0 Å². The van der Waals surface area contributed by atoms with Crippen molar-refractivity contribution in [3.63, 3.8) is 0 Å². The van der Waals surface area contributed by atoms with Crippen LogP contribution in [0.5, 0.6) is 5.75 Å². The summed E-state index contributed by atoms with van der Waals surface area (Å²) in [6.45, 7) is 3.88. The fourth-order valence-corrected chi connectivity index (χ4v) is 2.69. The zero-order valence-corrected chi connectivity index (χ0v) is 13.3. The van der Waals surface area contributed by atoms with Gasteiger partial charge in [0.25, 0.3) is 0 Å². The highest BCUT2D eigenvalue weighted by Crippen LogP contribution is 2.36. The first-order valence-corrected chi connectivity index (χ1v) is 7.05. The van der Waals surface area contributed by atoms with Crippen molar-refractivity contribution in [3.8, 4) is 5.75 Å². The van der Waals surface area contributed by atoms with Gasteiger partial charge in [0.05, 0.1) is 11.1 Å². The Hall–Kier alpha value is -0.590. The first kappa shape index (κ1) is 15.5. The lowest BCUT2D eigenvalue weighted by Crippen LogP contribution is -2.34. The molecule has 4 nitrogen and oxygen atoms in total. The Kier molecular flexibility index (Phi) is 5.62. The van der Waals surface area contributed by atoms with Crippen molar-refractivity contribution in [2.75, 3.05) is 6.61 Å². The van der Waals surface area contributed by atoms with E-state index in [2.05, 4.69) is 31.9 Å². The fourth-order valence-electron chi connectivity index (χ4n) is 1.48. The molecule has 0 bridgehead atoms. The van der Waals surface area contributed by atoms with Crippen LogP contribution in [0.4, 0.5) is 0 Å². The van der Waals surface area contributed by atoms with Gasteiger partial charge in [-0.05, 0) is 47.0 Å². The van der Waals surface area contributed by atoms with E-state index in [0.717, 1.165) is 10.0 Å². The van der Waals surface area contributed by atoms with Crippen LogP contribution in [0.3, 0.4) is 0 Å². The molecule has 1 rings (SSSR count). The van der Waals surface area contributed by atoms with Crippen molar-refractivity contribution in [3.05, 3.63) is 26.1 Å². The molecule has 1 aromatic rings. The van der Waals surface area contributed by atoms with Gasteiger partial charge in [-0.15, -0.1) is 0 Å². The number of benzene rings is 1. The Balaban J connectivity index is 2.95. The molecule has 0 amide bonds. The van der Waals surface area contributed by atoms with Crippen LogP contribution in [-0.4, -0.2) is 23.7 Å². The van der Waals surface area contributed by atoms with Crippen LogP contribution in [0, 0.1) is 6.92 Å². The lowest BCUT2D eigenvalue weighted by molar-refractivity contribution is -0.144. The molecule has 0 heterocycles. The molecule has 1 aromatic carbocycles. The molecule has 0 spiro atoms. The van der Waals surface area contributed by atoms with Gasteiger partial charge in [-0.3, -0.25) is 4.79 Å². The number of ether oxygens (including phenoxy) is 1. The van der Waals surface area contributed by atoms with Crippen molar-refractivity contribution in [2.45, 2.75) is 26.3 Å². The monoisotopic (exact) mass is 379 g/mol. The van der Waals surface area contributed by atoms with Gasteiger partial charge in [0, 0.05) is 10.9 Å². The minimum atomic E-state index is -0.780. The number of carbonyl (C=O) groups is 1. The zero-order valence-electron chi connectivity index (χ0n) is 10.2. The van der Waals surface area contributed by atoms with Crippen molar-refractivity contribution < 1.29 is 14.6 Å². The van der Waals surface area contributed by atoms with E-state index in [1.165, 1.54) is 0 Å². The molecule has 1 unspecified atom stereocenters. The standard InChI is InChI=1S/C12H15Br2NO3/c1-3-18-12(17)9(15)5-7-4-8(13)6(2)10(14)11(7)16/h4,9,16H,3,5,15H2,1-2H3. The molecular formula is C12H15Br2NO3. The summed E-state index contributed by atoms with van der Waals surface area (Å²) in [6, 6.07) is 0.978. The molecule has 0 saturated heterocycles. The number of hydrogen-bond donors (Lipinski definition) is 2. The minimum absolute atomic E-state index is 0.107. The number of halogens is 2. The summed E-state index contributed by atoms with van der Waals surface area (Å²) in [5.74, 6) is -0.361. The lowest BCUT2D eigenvalue weighted by atomic mass is 10.0. The second kappa shape index (κ2) is 6.54. The molecule has 0 radical (unpaired) electrons. The van der Waals surface area contributed by atoms with E-state index >= 15 is 0 Å². The smallest absolute Gasteiger partial charge is 0.323 e. The van der Waals surface area contributed by atoms with E-state index in [1.54, 1.807) is 13.0 Å². The van der Waals surface area contributed by atoms with Crippen LogP contribution in [-0.2, 0) is 16.0 Å². The number of aromatic hydroxyl groups is 1. The van der Waals surface area contributed by atoms with Crippen LogP contribution < -0.4 is 5.73 Å². The summed E-state index contributed by atoms with van der Waals surface area (Å²) >= 11 is 6.69. The fraction of sp³-hybridized carbons (Fsp3) is 0.417. The molecule has 100 valence electrons. The van der Waals surface area contributed by atoms with Gasteiger partial charge in [-0.25, -0.2) is 0 Å². The van der Waals surface area contributed by atoms with E-state index < -0.39 is 12.0 Å². The van der Waals surface area contributed by atoms with E-state index in [0.29, 0.717) is 16.6 Å². The van der Waals surface area contributed by atoms with Gasteiger partial charge in [0.1, 0.15) is 11.8 Å². The molecule has 18 heavy (non-hydrogen) atoms. The predicted molar refractivity (Wildman–Crippen MR) is 76.6 cm³/mol. The molecule has 0 aromatic heterocycles. The third-order valence-corrected chi connectivity index (χ3v) is 4.32. The van der Waals surface area contributed by atoms with Gasteiger partial charge >= 0.3 is 5.97 Å². The van der Waals surface area contributed by atoms with Gasteiger partial charge in [-0.1, -0.05) is 15.9 Å². The first-order chi connectivity index (χ1) is 8.38.